The van der Waals surface area contributed by atoms with Crippen LogP contribution in [0.25, 0.3) is 0 Å². The Labute approximate surface area is 107 Å². The average molecular weight is 256 g/mol. The predicted octanol–water partition coefficient (Wildman–Crippen LogP) is 1.28. The minimum absolute atomic E-state index is 0.274. The molecule has 1 aromatic heterocycles. The number of aromatic nitrogens is 1. The van der Waals surface area contributed by atoms with Crippen LogP contribution in [0.1, 0.15) is 35.7 Å². The van der Waals surface area contributed by atoms with Gasteiger partial charge in [-0.2, -0.15) is 0 Å². The van der Waals surface area contributed by atoms with Crippen molar-refractivity contribution in [1.29, 1.82) is 0 Å². The molecule has 0 saturated carbocycles. The molecule has 0 aliphatic heterocycles. The molecule has 6 nitrogen and oxygen atoms in total. The standard InChI is InChI=1S/C12H20N2O4/c1-8-9(6-16-4)18-14-10(8)11(15)13-7-12(2,3)17-5/h6-7H2,1-5H3,(H,13,15). The number of rotatable bonds is 6. The molecule has 0 fully saturated rings. The minimum Gasteiger partial charge on any atom is -0.377 e. The van der Waals surface area contributed by atoms with Crippen LogP contribution in [-0.4, -0.2) is 37.4 Å². The number of hydrogen-bond donors (Lipinski definition) is 1. The summed E-state index contributed by atoms with van der Waals surface area (Å²) >= 11 is 0. The van der Waals surface area contributed by atoms with Gasteiger partial charge in [-0.1, -0.05) is 5.16 Å². The molecule has 0 aliphatic carbocycles. The van der Waals surface area contributed by atoms with Crippen molar-refractivity contribution in [3.8, 4) is 0 Å². The van der Waals surface area contributed by atoms with E-state index in [4.69, 9.17) is 14.0 Å². The minimum atomic E-state index is -0.414. The second kappa shape index (κ2) is 5.97. The maximum Gasteiger partial charge on any atom is 0.273 e. The van der Waals surface area contributed by atoms with Crippen LogP contribution in [0.15, 0.2) is 4.52 Å². The Morgan fingerprint density at radius 2 is 2.11 bits per heavy atom. The van der Waals surface area contributed by atoms with Gasteiger partial charge in [-0.15, -0.1) is 0 Å². The third-order valence-electron chi connectivity index (χ3n) is 2.74. The first-order chi connectivity index (χ1) is 8.41. The molecule has 0 aliphatic rings. The molecule has 18 heavy (non-hydrogen) atoms. The number of hydrogen-bond acceptors (Lipinski definition) is 5. The van der Waals surface area contributed by atoms with E-state index in [0.717, 1.165) is 0 Å². The molecule has 102 valence electrons. The highest BCUT2D eigenvalue weighted by Gasteiger charge is 2.22. The molecule has 0 aromatic carbocycles. The third kappa shape index (κ3) is 3.54. The number of methoxy groups -OCH3 is 2. The van der Waals surface area contributed by atoms with Gasteiger partial charge in [-0.25, -0.2) is 0 Å². The molecule has 1 N–H and O–H groups in total. The van der Waals surface area contributed by atoms with Crippen LogP contribution in [0.3, 0.4) is 0 Å². The van der Waals surface area contributed by atoms with Gasteiger partial charge in [0.25, 0.3) is 5.91 Å². The normalized spacial score (nSPS) is 11.6. The Balaban J connectivity index is 2.67. The maximum absolute atomic E-state index is 11.9. The molecule has 0 atom stereocenters. The quantitative estimate of drug-likeness (QED) is 0.830. The molecule has 6 heteroatoms. The maximum atomic E-state index is 11.9. The van der Waals surface area contributed by atoms with Gasteiger partial charge in [-0.05, 0) is 20.8 Å². The highest BCUT2D eigenvalue weighted by atomic mass is 16.5. The van der Waals surface area contributed by atoms with Crippen LogP contribution in [0, 0.1) is 6.92 Å². The summed E-state index contributed by atoms with van der Waals surface area (Å²) in [5.74, 6) is 0.289. The first-order valence-corrected chi connectivity index (χ1v) is 5.68. The number of carbonyl (C=O) groups is 1. The zero-order valence-electron chi connectivity index (χ0n) is 11.5. The molecule has 0 unspecified atom stereocenters. The highest BCUT2D eigenvalue weighted by molar-refractivity contribution is 5.93. The monoisotopic (exact) mass is 256 g/mol. The summed E-state index contributed by atoms with van der Waals surface area (Å²) in [6, 6.07) is 0. The van der Waals surface area contributed by atoms with Gasteiger partial charge in [0.05, 0.1) is 5.60 Å². The first-order valence-electron chi connectivity index (χ1n) is 5.68. The van der Waals surface area contributed by atoms with E-state index in [9.17, 15) is 4.79 Å². The Morgan fingerprint density at radius 3 is 2.67 bits per heavy atom. The average Bonchev–Trinajstić information content (AvgIpc) is 2.69. The Bertz CT molecular complexity index is 412. The molecule has 1 amide bonds. The van der Waals surface area contributed by atoms with E-state index in [1.54, 1.807) is 21.1 Å². The van der Waals surface area contributed by atoms with Crippen molar-refractivity contribution in [2.75, 3.05) is 20.8 Å². The third-order valence-corrected chi connectivity index (χ3v) is 2.74. The van der Waals surface area contributed by atoms with E-state index in [0.29, 0.717) is 24.5 Å². The molecule has 1 rings (SSSR count). The lowest BCUT2D eigenvalue weighted by molar-refractivity contribution is 0.0227. The zero-order chi connectivity index (χ0) is 13.8. The predicted molar refractivity (Wildman–Crippen MR) is 65.4 cm³/mol. The fourth-order valence-electron chi connectivity index (χ4n) is 1.30. The molecule has 1 aromatic rings. The molecule has 0 saturated heterocycles. The van der Waals surface area contributed by atoms with Crippen LogP contribution < -0.4 is 5.32 Å². The fraction of sp³-hybridized carbons (Fsp3) is 0.667. The largest absolute Gasteiger partial charge is 0.377 e. The summed E-state index contributed by atoms with van der Waals surface area (Å²) in [7, 11) is 3.16. The lowest BCUT2D eigenvalue weighted by atomic mass is 10.1. The van der Waals surface area contributed by atoms with Crippen LogP contribution in [0.2, 0.25) is 0 Å². The highest BCUT2D eigenvalue weighted by Crippen LogP contribution is 2.14. The second-order valence-corrected chi connectivity index (χ2v) is 4.66. The van der Waals surface area contributed by atoms with Crippen LogP contribution in [0.4, 0.5) is 0 Å². The van der Waals surface area contributed by atoms with Crippen molar-refractivity contribution in [3.63, 3.8) is 0 Å². The van der Waals surface area contributed by atoms with Gasteiger partial charge >= 0.3 is 0 Å². The SMILES string of the molecule is COCc1onc(C(=O)NCC(C)(C)OC)c1C. The summed E-state index contributed by atoms with van der Waals surface area (Å²) in [6.45, 7) is 6.25. The Morgan fingerprint density at radius 1 is 1.44 bits per heavy atom. The van der Waals surface area contributed by atoms with Crippen molar-refractivity contribution in [3.05, 3.63) is 17.0 Å². The molecular weight excluding hydrogens is 236 g/mol. The topological polar surface area (TPSA) is 73.6 Å². The van der Waals surface area contributed by atoms with Gasteiger partial charge < -0.3 is 19.3 Å². The van der Waals surface area contributed by atoms with Crippen LogP contribution in [0.5, 0.6) is 0 Å². The summed E-state index contributed by atoms with van der Waals surface area (Å²) in [6.07, 6.45) is 0. The van der Waals surface area contributed by atoms with Crippen molar-refractivity contribution < 1.29 is 18.8 Å². The van der Waals surface area contributed by atoms with E-state index in [1.807, 2.05) is 13.8 Å². The lowest BCUT2D eigenvalue weighted by Gasteiger charge is -2.22. The van der Waals surface area contributed by atoms with Crippen molar-refractivity contribution in [2.45, 2.75) is 33.0 Å². The van der Waals surface area contributed by atoms with Gasteiger partial charge in [-0.3, -0.25) is 4.79 Å². The number of nitrogens with one attached hydrogen (secondary N) is 1. The van der Waals surface area contributed by atoms with E-state index in [-0.39, 0.29) is 11.6 Å². The fourth-order valence-corrected chi connectivity index (χ4v) is 1.30. The van der Waals surface area contributed by atoms with Gasteiger partial charge in [0, 0.05) is 26.3 Å². The smallest absolute Gasteiger partial charge is 0.273 e. The van der Waals surface area contributed by atoms with Crippen molar-refractivity contribution in [2.24, 2.45) is 0 Å². The number of ether oxygens (including phenoxy) is 2. The summed E-state index contributed by atoms with van der Waals surface area (Å²) in [4.78, 5) is 11.9. The lowest BCUT2D eigenvalue weighted by Crippen LogP contribution is -2.40. The van der Waals surface area contributed by atoms with Gasteiger partial charge in [0.15, 0.2) is 11.5 Å². The van der Waals surface area contributed by atoms with Gasteiger partial charge in [0.1, 0.15) is 6.61 Å². The summed E-state index contributed by atoms with van der Waals surface area (Å²) in [5.41, 5.74) is 0.571. The summed E-state index contributed by atoms with van der Waals surface area (Å²) in [5, 5.41) is 6.51. The molecule has 0 radical (unpaired) electrons. The van der Waals surface area contributed by atoms with Gasteiger partial charge in [0.2, 0.25) is 0 Å². The van der Waals surface area contributed by atoms with E-state index < -0.39 is 5.60 Å². The van der Waals surface area contributed by atoms with Crippen LogP contribution >= 0.6 is 0 Å². The molecule has 0 bridgehead atoms. The molecule has 1 heterocycles. The Hall–Kier alpha value is -1.40. The van der Waals surface area contributed by atoms with Crippen LogP contribution in [-0.2, 0) is 16.1 Å². The second-order valence-electron chi connectivity index (χ2n) is 4.66. The molecule has 0 spiro atoms. The number of carbonyl (C=O) groups excluding carboxylic acids is 1. The van der Waals surface area contributed by atoms with Crippen molar-refractivity contribution >= 4 is 5.91 Å². The molecular formula is C12H20N2O4. The van der Waals surface area contributed by atoms with E-state index in [2.05, 4.69) is 10.5 Å². The van der Waals surface area contributed by atoms with E-state index >= 15 is 0 Å². The van der Waals surface area contributed by atoms with E-state index in [1.165, 1.54) is 0 Å². The van der Waals surface area contributed by atoms with Crippen molar-refractivity contribution in [1.82, 2.24) is 10.5 Å². The number of nitrogens with zero attached hydrogens (tertiary/aromatic N) is 1. The first kappa shape index (κ1) is 14.7. The number of amides is 1. The zero-order valence-corrected chi connectivity index (χ0v) is 11.5. The summed E-state index contributed by atoms with van der Waals surface area (Å²) < 4.78 is 15.2. The Kier molecular flexibility index (Phi) is 4.86.